The largest absolute Gasteiger partial charge is 0.441 e. The van der Waals surface area contributed by atoms with E-state index >= 15 is 0 Å². The van der Waals surface area contributed by atoms with Gasteiger partial charge in [-0.15, -0.1) is 11.8 Å². The number of carbonyl (C=O) groups is 1. The molecule has 4 nitrogen and oxygen atoms in total. The van der Waals surface area contributed by atoms with E-state index in [4.69, 9.17) is 4.42 Å². The third-order valence-corrected chi connectivity index (χ3v) is 4.63. The van der Waals surface area contributed by atoms with E-state index in [1.54, 1.807) is 18.0 Å². The maximum atomic E-state index is 11.9. The Kier molecular flexibility index (Phi) is 6.29. The van der Waals surface area contributed by atoms with Gasteiger partial charge in [0, 0.05) is 35.6 Å². The second kappa shape index (κ2) is 9.08. The zero-order chi connectivity index (χ0) is 17.3. The molecule has 5 heteroatoms. The average Bonchev–Trinajstić information content (AvgIpc) is 3.14. The van der Waals surface area contributed by atoms with Crippen molar-refractivity contribution in [3.8, 4) is 11.3 Å². The third-order valence-electron chi connectivity index (χ3n) is 3.61. The molecular weight excluding hydrogens is 332 g/mol. The Labute approximate surface area is 151 Å². The second-order valence-electron chi connectivity index (χ2n) is 5.50. The Morgan fingerprint density at radius 3 is 2.52 bits per heavy atom. The summed E-state index contributed by atoms with van der Waals surface area (Å²) in [4.78, 5) is 17.4. The van der Waals surface area contributed by atoms with Crippen LogP contribution in [-0.4, -0.2) is 23.2 Å². The van der Waals surface area contributed by atoms with Crippen LogP contribution in [0.2, 0.25) is 0 Å². The lowest BCUT2D eigenvalue weighted by atomic mass is 10.2. The van der Waals surface area contributed by atoms with Crippen LogP contribution in [0.5, 0.6) is 0 Å². The van der Waals surface area contributed by atoms with Crippen molar-refractivity contribution in [3.05, 3.63) is 72.8 Å². The quantitative estimate of drug-likeness (QED) is 0.488. The van der Waals surface area contributed by atoms with Crippen molar-refractivity contribution in [2.24, 2.45) is 0 Å². The van der Waals surface area contributed by atoms with Gasteiger partial charge in [-0.3, -0.25) is 4.79 Å². The molecule has 3 rings (SSSR count). The van der Waals surface area contributed by atoms with Gasteiger partial charge in [0.25, 0.3) is 0 Å². The molecule has 0 atom stereocenters. The first-order chi connectivity index (χ1) is 12.3. The number of aryl methyl sites for hydroxylation is 1. The summed E-state index contributed by atoms with van der Waals surface area (Å²) in [6.07, 6.45) is 2.59. The van der Waals surface area contributed by atoms with Gasteiger partial charge in [0.15, 0.2) is 11.7 Å². The highest BCUT2D eigenvalue weighted by Crippen LogP contribution is 2.20. The molecule has 0 fully saturated rings. The SMILES string of the molecule is O=C(CCc1ncc(-c2ccccc2)o1)NCCSc1ccccc1. The second-order valence-corrected chi connectivity index (χ2v) is 6.66. The predicted molar refractivity (Wildman–Crippen MR) is 100 cm³/mol. The predicted octanol–water partition coefficient (Wildman–Crippen LogP) is 4.18. The van der Waals surface area contributed by atoms with Crippen LogP contribution < -0.4 is 5.32 Å². The van der Waals surface area contributed by atoms with E-state index < -0.39 is 0 Å². The maximum Gasteiger partial charge on any atom is 0.220 e. The summed E-state index contributed by atoms with van der Waals surface area (Å²) in [6.45, 7) is 0.652. The standard InChI is InChI=1S/C20H20N2O2S/c23-19(21-13-14-25-17-9-5-2-6-10-17)11-12-20-22-15-18(24-20)16-7-3-1-4-8-16/h1-10,15H,11-14H2,(H,21,23). The molecule has 1 aromatic heterocycles. The number of nitrogens with one attached hydrogen (secondary N) is 1. The number of oxazole rings is 1. The number of carbonyl (C=O) groups excluding carboxylic acids is 1. The van der Waals surface area contributed by atoms with Gasteiger partial charge >= 0.3 is 0 Å². The Morgan fingerprint density at radius 2 is 1.76 bits per heavy atom. The van der Waals surface area contributed by atoms with Crippen LogP contribution in [-0.2, 0) is 11.2 Å². The van der Waals surface area contributed by atoms with Crippen molar-refractivity contribution < 1.29 is 9.21 Å². The molecule has 3 aromatic rings. The summed E-state index contributed by atoms with van der Waals surface area (Å²) >= 11 is 1.73. The molecule has 0 aliphatic heterocycles. The van der Waals surface area contributed by atoms with Gasteiger partial charge < -0.3 is 9.73 Å². The molecule has 25 heavy (non-hydrogen) atoms. The molecule has 0 aliphatic carbocycles. The fourth-order valence-corrected chi connectivity index (χ4v) is 3.14. The molecule has 2 aromatic carbocycles. The number of aromatic nitrogens is 1. The first-order valence-electron chi connectivity index (χ1n) is 8.26. The highest BCUT2D eigenvalue weighted by Gasteiger charge is 2.08. The summed E-state index contributed by atoms with van der Waals surface area (Å²) in [5.74, 6) is 2.20. The van der Waals surface area contributed by atoms with Gasteiger partial charge in [-0.1, -0.05) is 48.5 Å². The van der Waals surface area contributed by atoms with Crippen molar-refractivity contribution in [1.82, 2.24) is 10.3 Å². The first-order valence-corrected chi connectivity index (χ1v) is 9.24. The molecular formula is C20H20N2O2S. The lowest BCUT2D eigenvalue weighted by Gasteiger charge is -2.04. The van der Waals surface area contributed by atoms with Crippen LogP contribution in [0, 0.1) is 0 Å². The van der Waals surface area contributed by atoms with E-state index in [0.29, 0.717) is 25.3 Å². The minimum atomic E-state index is 0.0214. The molecule has 0 bridgehead atoms. The molecule has 0 saturated carbocycles. The number of rotatable bonds is 8. The van der Waals surface area contributed by atoms with Crippen LogP contribution in [0.3, 0.4) is 0 Å². The zero-order valence-corrected chi connectivity index (χ0v) is 14.7. The van der Waals surface area contributed by atoms with Crippen LogP contribution in [0.25, 0.3) is 11.3 Å². The van der Waals surface area contributed by atoms with Crippen molar-refractivity contribution in [2.75, 3.05) is 12.3 Å². The molecule has 1 N–H and O–H groups in total. The van der Waals surface area contributed by atoms with Gasteiger partial charge in [-0.2, -0.15) is 0 Å². The Hall–Kier alpha value is -2.53. The number of amides is 1. The van der Waals surface area contributed by atoms with E-state index in [9.17, 15) is 4.79 Å². The molecule has 0 radical (unpaired) electrons. The highest BCUT2D eigenvalue weighted by molar-refractivity contribution is 7.99. The molecule has 0 spiro atoms. The van der Waals surface area contributed by atoms with Gasteiger partial charge in [-0.05, 0) is 12.1 Å². The Bertz CT molecular complexity index is 788. The number of benzene rings is 2. The lowest BCUT2D eigenvalue weighted by Crippen LogP contribution is -2.25. The maximum absolute atomic E-state index is 11.9. The van der Waals surface area contributed by atoms with Crippen LogP contribution in [0.15, 0.2) is 76.2 Å². The minimum Gasteiger partial charge on any atom is -0.441 e. The van der Waals surface area contributed by atoms with E-state index in [-0.39, 0.29) is 5.91 Å². The molecule has 1 amide bonds. The fraction of sp³-hybridized carbons (Fsp3) is 0.200. The first kappa shape index (κ1) is 17.3. The van der Waals surface area contributed by atoms with Gasteiger partial charge in [0.1, 0.15) is 0 Å². The van der Waals surface area contributed by atoms with Crippen molar-refractivity contribution >= 4 is 17.7 Å². The topological polar surface area (TPSA) is 55.1 Å². The molecule has 0 unspecified atom stereocenters. The van der Waals surface area contributed by atoms with Crippen molar-refractivity contribution in [1.29, 1.82) is 0 Å². The summed E-state index contributed by atoms with van der Waals surface area (Å²) in [6, 6.07) is 20.0. The van der Waals surface area contributed by atoms with Crippen molar-refractivity contribution in [3.63, 3.8) is 0 Å². The van der Waals surface area contributed by atoms with Crippen LogP contribution in [0.4, 0.5) is 0 Å². The highest BCUT2D eigenvalue weighted by atomic mass is 32.2. The number of thioether (sulfide) groups is 1. The average molecular weight is 352 g/mol. The molecule has 128 valence electrons. The number of hydrogen-bond acceptors (Lipinski definition) is 4. The number of hydrogen-bond donors (Lipinski definition) is 1. The van der Waals surface area contributed by atoms with Crippen LogP contribution >= 0.6 is 11.8 Å². The van der Waals surface area contributed by atoms with Gasteiger partial charge in [-0.25, -0.2) is 4.98 Å². The normalized spacial score (nSPS) is 10.6. The van der Waals surface area contributed by atoms with Gasteiger partial charge in [0.2, 0.25) is 5.91 Å². The van der Waals surface area contributed by atoms with Gasteiger partial charge in [0.05, 0.1) is 6.20 Å². The van der Waals surface area contributed by atoms with E-state index in [0.717, 1.165) is 17.1 Å². The zero-order valence-electron chi connectivity index (χ0n) is 13.9. The summed E-state index contributed by atoms with van der Waals surface area (Å²) < 4.78 is 5.71. The van der Waals surface area contributed by atoms with E-state index in [1.807, 2.05) is 48.5 Å². The van der Waals surface area contributed by atoms with Crippen LogP contribution in [0.1, 0.15) is 12.3 Å². The smallest absolute Gasteiger partial charge is 0.220 e. The minimum absolute atomic E-state index is 0.0214. The number of nitrogens with zero attached hydrogens (tertiary/aromatic N) is 1. The Balaban J connectivity index is 1.37. The monoisotopic (exact) mass is 352 g/mol. The molecule has 1 heterocycles. The third kappa shape index (κ3) is 5.50. The fourth-order valence-electron chi connectivity index (χ4n) is 2.35. The Morgan fingerprint density at radius 1 is 1.04 bits per heavy atom. The molecule has 0 saturated heterocycles. The summed E-state index contributed by atoms with van der Waals surface area (Å²) in [7, 11) is 0. The van der Waals surface area contributed by atoms with E-state index in [2.05, 4.69) is 22.4 Å². The van der Waals surface area contributed by atoms with E-state index in [1.165, 1.54) is 4.90 Å². The summed E-state index contributed by atoms with van der Waals surface area (Å²) in [5, 5.41) is 2.93. The summed E-state index contributed by atoms with van der Waals surface area (Å²) in [5.41, 5.74) is 0.989. The molecule has 0 aliphatic rings. The lowest BCUT2D eigenvalue weighted by molar-refractivity contribution is -0.121. The van der Waals surface area contributed by atoms with Crippen molar-refractivity contribution in [2.45, 2.75) is 17.7 Å².